The molecule has 2 aromatic carbocycles. The Labute approximate surface area is 254 Å². The first kappa shape index (κ1) is 30.7. The molecule has 2 heterocycles. The summed E-state index contributed by atoms with van der Waals surface area (Å²) in [7, 11) is 1.31. The molecule has 5 rings (SSSR count). The maximum atomic E-state index is 14.0. The molecule has 230 valence electrons. The lowest BCUT2D eigenvalue weighted by Crippen LogP contribution is -2.53. The van der Waals surface area contributed by atoms with E-state index in [2.05, 4.69) is 15.6 Å². The summed E-state index contributed by atoms with van der Waals surface area (Å²) < 4.78 is 10.6. The second kappa shape index (κ2) is 13.7. The van der Waals surface area contributed by atoms with Crippen LogP contribution < -0.4 is 16.2 Å². The number of hydrogen-bond donors (Lipinski definition) is 3. The molecule has 0 saturated carbocycles. The van der Waals surface area contributed by atoms with E-state index in [1.807, 2.05) is 54.6 Å². The van der Waals surface area contributed by atoms with Gasteiger partial charge < -0.3 is 30.0 Å². The summed E-state index contributed by atoms with van der Waals surface area (Å²) in [4.78, 5) is 68.5. The number of aromatic amines is 1. The highest BCUT2D eigenvalue weighted by Gasteiger charge is 2.48. The number of carbonyl (C=O) groups is 4. The summed E-state index contributed by atoms with van der Waals surface area (Å²) in [5, 5.41) is 5.68. The molecule has 11 heteroatoms. The average Bonchev–Trinajstić information content (AvgIpc) is 3.07. The molecular weight excluding hydrogens is 564 g/mol. The number of hydrogen-bond acceptors (Lipinski definition) is 7. The maximum Gasteiger partial charge on any atom is 0.307 e. The number of nitrogens with one attached hydrogen (secondary N) is 3. The summed E-state index contributed by atoms with van der Waals surface area (Å²) in [6.45, 7) is 1.26. The minimum atomic E-state index is -1.04. The SMILES string of the molecule is COC(=O)CCNC(=O)C1(c2ccccc2)CC[C@@H](C(=O)N2CCOC(CNC(=O)c3ccc[nH]c3=O)C2)c2ccccc21. The normalized spacial score (nSPS) is 21.1. The Morgan fingerprint density at radius 1 is 1.02 bits per heavy atom. The van der Waals surface area contributed by atoms with E-state index in [-0.39, 0.29) is 43.4 Å². The van der Waals surface area contributed by atoms with Crippen molar-refractivity contribution in [2.24, 2.45) is 0 Å². The lowest BCUT2D eigenvalue weighted by molar-refractivity contribution is -0.142. The monoisotopic (exact) mass is 600 g/mol. The van der Waals surface area contributed by atoms with Crippen LogP contribution in [-0.4, -0.2) is 79.6 Å². The van der Waals surface area contributed by atoms with Crippen molar-refractivity contribution in [3.63, 3.8) is 0 Å². The maximum absolute atomic E-state index is 14.0. The molecule has 3 amide bonds. The largest absolute Gasteiger partial charge is 0.469 e. The summed E-state index contributed by atoms with van der Waals surface area (Å²) in [6, 6.07) is 20.1. The van der Waals surface area contributed by atoms with Crippen molar-refractivity contribution in [3.8, 4) is 0 Å². The van der Waals surface area contributed by atoms with Crippen LogP contribution in [0.5, 0.6) is 0 Å². The van der Waals surface area contributed by atoms with Crippen LogP contribution in [0.4, 0.5) is 0 Å². The third-order valence-electron chi connectivity index (χ3n) is 8.40. The molecule has 3 aromatic rings. The molecule has 0 spiro atoms. The first-order chi connectivity index (χ1) is 21.3. The van der Waals surface area contributed by atoms with Gasteiger partial charge in [-0.2, -0.15) is 0 Å². The Kier molecular flexibility index (Phi) is 9.54. The van der Waals surface area contributed by atoms with Crippen LogP contribution >= 0.6 is 0 Å². The van der Waals surface area contributed by atoms with Crippen molar-refractivity contribution in [1.82, 2.24) is 20.5 Å². The predicted octanol–water partition coefficient (Wildman–Crippen LogP) is 1.88. The van der Waals surface area contributed by atoms with Gasteiger partial charge in [-0.05, 0) is 41.7 Å². The topological polar surface area (TPSA) is 147 Å². The van der Waals surface area contributed by atoms with Crippen molar-refractivity contribution in [2.75, 3.05) is 39.9 Å². The first-order valence-corrected chi connectivity index (χ1v) is 14.7. The lowest BCUT2D eigenvalue weighted by atomic mass is 9.62. The van der Waals surface area contributed by atoms with Crippen molar-refractivity contribution in [2.45, 2.75) is 36.7 Å². The van der Waals surface area contributed by atoms with Crippen molar-refractivity contribution < 1.29 is 28.7 Å². The Morgan fingerprint density at radius 3 is 2.57 bits per heavy atom. The van der Waals surface area contributed by atoms with Crippen LogP contribution in [0.3, 0.4) is 0 Å². The zero-order valence-electron chi connectivity index (χ0n) is 24.5. The van der Waals surface area contributed by atoms with E-state index in [9.17, 15) is 24.0 Å². The van der Waals surface area contributed by atoms with E-state index in [1.54, 1.807) is 11.0 Å². The zero-order valence-corrected chi connectivity index (χ0v) is 24.5. The number of amides is 3. The van der Waals surface area contributed by atoms with Crippen molar-refractivity contribution in [1.29, 1.82) is 0 Å². The molecule has 11 nitrogen and oxygen atoms in total. The molecule has 1 aliphatic carbocycles. The second-order valence-electron chi connectivity index (χ2n) is 10.9. The van der Waals surface area contributed by atoms with E-state index in [4.69, 9.17) is 9.47 Å². The smallest absolute Gasteiger partial charge is 0.307 e. The van der Waals surface area contributed by atoms with Gasteiger partial charge >= 0.3 is 5.97 Å². The molecule has 2 unspecified atom stereocenters. The Morgan fingerprint density at radius 2 is 1.80 bits per heavy atom. The standard InChI is InChI=1S/C33H36N4O7/c1-43-28(38)14-17-35-32(42)33(22-8-3-2-4-9-22)15-13-25(24-10-5-6-12-27(24)33)31(41)37-18-19-44-23(21-37)20-36-30(40)26-11-7-16-34-29(26)39/h2-12,16,23,25H,13-15,17-21H2,1H3,(H,34,39)(H,35,42)(H,36,40)/t23?,25-,33?/m1/s1. The van der Waals surface area contributed by atoms with E-state index < -0.39 is 34.9 Å². The van der Waals surface area contributed by atoms with Gasteiger partial charge in [0.25, 0.3) is 11.5 Å². The average molecular weight is 601 g/mol. The minimum Gasteiger partial charge on any atom is -0.469 e. The number of methoxy groups -OCH3 is 1. The molecule has 3 N–H and O–H groups in total. The molecule has 1 aliphatic heterocycles. The Bertz CT molecular complexity index is 1570. The molecular formula is C33H36N4O7. The third kappa shape index (κ3) is 6.28. The number of esters is 1. The fourth-order valence-electron chi connectivity index (χ4n) is 6.18. The van der Waals surface area contributed by atoms with Gasteiger partial charge in [-0.1, -0.05) is 54.6 Å². The summed E-state index contributed by atoms with van der Waals surface area (Å²) in [5.74, 6) is -1.69. The van der Waals surface area contributed by atoms with E-state index in [0.717, 1.165) is 16.7 Å². The number of fused-ring (bicyclic) bond motifs is 1. The number of nitrogens with zero attached hydrogens (tertiary/aromatic N) is 1. The molecule has 1 aromatic heterocycles. The van der Waals surface area contributed by atoms with Gasteiger partial charge in [0.2, 0.25) is 11.8 Å². The number of H-pyrrole nitrogens is 1. The number of pyridine rings is 1. The van der Waals surface area contributed by atoms with Crippen LogP contribution in [0.1, 0.15) is 52.2 Å². The summed E-state index contributed by atoms with van der Waals surface area (Å²) in [6.07, 6.45) is 1.89. The number of aromatic nitrogens is 1. The number of morpholine rings is 1. The highest BCUT2D eigenvalue weighted by Crippen LogP contribution is 2.47. The first-order valence-electron chi connectivity index (χ1n) is 14.7. The Hall–Kier alpha value is -4.77. The Balaban J connectivity index is 1.35. The predicted molar refractivity (Wildman–Crippen MR) is 161 cm³/mol. The van der Waals surface area contributed by atoms with E-state index in [1.165, 1.54) is 19.4 Å². The molecule has 2 aliphatic rings. The molecule has 0 bridgehead atoms. The van der Waals surface area contributed by atoms with Gasteiger partial charge in [0, 0.05) is 32.4 Å². The fraction of sp³-hybridized carbons (Fsp3) is 0.364. The van der Waals surface area contributed by atoms with E-state index in [0.29, 0.717) is 26.0 Å². The highest BCUT2D eigenvalue weighted by molar-refractivity contribution is 5.95. The number of ether oxygens (including phenoxy) is 2. The lowest BCUT2D eigenvalue weighted by Gasteiger charge is -2.43. The van der Waals surface area contributed by atoms with Crippen LogP contribution in [0.25, 0.3) is 0 Å². The van der Waals surface area contributed by atoms with Gasteiger partial charge in [0.05, 0.1) is 37.6 Å². The van der Waals surface area contributed by atoms with Gasteiger partial charge in [0.15, 0.2) is 0 Å². The van der Waals surface area contributed by atoms with Gasteiger partial charge in [-0.15, -0.1) is 0 Å². The van der Waals surface area contributed by atoms with Crippen molar-refractivity contribution in [3.05, 3.63) is 106 Å². The summed E-state index contributed by atoms with van der Waals surface area (Å²) >= 11 is 0. The van der Waals surface area contributed by atoms with Gasteiger partial charge in [-0.3, -0.25) is 24.0 Å². The number of benzene rings is 2. The van der Waals surface area contributed by atoms with Crippen LogP contribution in [0, 0.1) is 0 Å². The number of rotatable bonds is 9. The third-order valence-corrected chi connectivity index (χ3v) is 8.40. The van der Waals surface area contributed by atoms with Gasteiger partial charge in [0.1, 0.15) is 5.56 Å². The molecule has 0 radical (unpaired) electrons. The summed E-state index contributed by atoms with van der Waals surface area (Å²) in [5.41, 5.74) is 0.843. The van der Waals surface area contributed by atoms with E-state index >= 15 is 0 Å². The van der Waals surface area contributed by atoms with Crippen LogP contribution in [0.15, 0.2) is 77.7 Å². The highest BCUT2D eigenvalue weighted by atomic mass is 16.5. The van der Waals surface area contributed by atoms with Gasteiger partial charge in [-0.25, -0.2) is 0 Å². The van der Waals surface area contributed by atoms with Crippen LogP contribution in [-0.2, 0) is 29.3 Å². The number of carbonyl (C=O) groups excluding carboxylic acids is 4. The van der Waals surface area contributed by atoms with Crippen molar-refractivity contribution >= 4 is 23.7 Å². The second-order valence-corrected chi connectivity index (χ2v) is 10.9. The molecule has 3 atom stereocenters. The molecule has 44 heavy (non-hydrogen) atoms. The molecule has 1 saturated heterocycles. The molecule has 1 fully saturated rings. The fourth-order valence-corrected chi connectivity index (χ4v) is 6.18. The minimum absolute atomic E-state index is 0.00582. The quantitative estimate of drug-likeness (QED) is 0.318. The van der Waals surface area contributed by atoms with Crippen LogP contribution in [0.2, 0.25) is 0 Å². The zero-order chi connectivity index (χ0) is 31.1.